The van der Waals surface area contributed by atoms with Crippen molar-refractivity contribution in [2.45, 2.75) is 61.2 Å². The minimum atomic E-state index is -5.34. The molecule has 2 aromatic heterocycles. The third kappa shape index (κ3) is 5.88. The Bertz CT molecular complexity index is 1490. The number of aliphatic hydroxyl groups excluding tert-OH is 4. The van der Waals surface area contributed by atoms with Crippen molar-refractivity contribution in [3.63, 3.8) is 0 Å². The molecule has 0 aromatic carbocycles. The van der Waals surface area contributed by atoms with Crippen LogP contribution in [0.4, 0.5) is 10.2 Å². The van der Waals surface area contributed by atoms with Crippen LogP contribution in [0.1, 0.15) is 18.6 Å². The lowest BCUT2D eigenvalue weighted by Gasteiger charge is -2.49. The minimum Gasteiger partial charge on any atom is -0.394 e. The van der Waals surface area contributed by atoms with Gasteiger partial charge in [-0.25, -0.2) is 23.2 Å². The van der Waals surface area contributed by atoms with Crippen LogP contribution in [0.15, 0.2) is 11.7 Å². The number of phosphoric acid groups is 1. The predicted molar refractivity (Wildman–Crippen MR) is 153 cm³/mol. The number of nitrogens with zero attached hydrogens (tertiary/aromatic N) is 3. The summed E-state index contributed by atoms with van der Waals surface area (Å²) in [6.07, 6.45) is -8.13. The molecule has 8 unspecified atom stereocenters. The number of halogens is 1. The highest BCUT2D eigenvalue weighted by molar-refractivity contribution is 8.08. The van der Waals surface area contributed by atoms with Crippen LogP contribution in [-0.4, -0.2) is 126 Å². The van der Waals surface area contributed by atoms with Gasteiger partial charge >= 0.3 is 14.5 Å². The van der Waals surface area contributed by atoms with Crippen molar-refractivity contribution in [1.29, 1.82) is 0 Å². The van der Waals surface area contributed by atoms with Crippen molar-refractivity contribution in [3.8, 4) is 0 Å². The highest BCUT2D eigenvalue weighted by atomic mass is 32.5. The van der Waals surface area contributed by atoms with E-state index in [0.29, 0.717) is 15.8 Å². The normalized spacial score (nSPS) is 40.5. The first-order valence-electron chi connectivity index (χ1n) is 13.1. The van der Waals surface area contributed by atoms with E-state index in [-0.39, 0.29) is 5.82 Å². The largest absolute Gasteiger partial charge is 0.481 e. The zero-order chi connectivity index (χ0) is 32.6. The molecule has 3 aliphatic rings. The number of hydrogen-bond acceptors (Lipinski definition) is 17. The monoisotopic (exact) mass is 706 g/mol. The molecule has 0 bridgehead atoms. The summed E-state index contributed by atoms with van der Waals surface area (Å²) >= 11 is 6.10. The lowest BCUT2D eigenvalue weighted by molar-refractivity contribution is -0.427. The molecular weight excluding hydrogens is 673 g/mol. The van der Waals surface area contributed by atoms with Crippen LogP contribution in [0.2, 0.25) is 0 Å². The fraction of sp³-hybridized carbons (Fsp3) is 0.727. The summed E-state index contributed by atoms with van der Waals surface area (Å²) in [5, 5.41) is 52.0. The summed E-state index contributed by atoms with van der Waals surface area (Å²) in [6.45, 7) is -4.75. The summed E-state index contributed by atoms with van der Waals surface area (Å²) in [5.41, 5.74) is 4.72. The highest BCUT2D eigenvalue weighted by Gasteiger charge is 2.73. The first-order valence-corrected chi connectivity index (χ1v) is 18.0. The smallest absolute Gasteiger partial charge is 0.394 e. The maximum atomic E-state index is 16.4. The number of phosphoric ester groups is 1. The van der Waals surface area contributed by atoms with E-state index in [4.69, 9.17) is 40.4 Å². The molecule has 1 saturated carbocycles. The second-order valence-electron chi connectivity index (χ2n) is 11.2. The third-order valence-corrected chi connectivity index (χ3v) is 12.6. The molecule has 0 radical (unpaired) electrons. The Kier molecular flexibility index (Phi) is 9.38. The van der Waals surface area contributed by atoms with Gasteiger partial charge in [0, 0.05) is 5.56 Å². The molecule has 4 heterocycles. The minimum absolute atomic E-state index is 0.223. The average Bonchev–Trinajstić information content (AvgIpc) is 3.48. The van der Waals surface area contributed by atoms with Gasteiger partial charge in [0.05, 0.1) is 59.6 Å². The zero-order valence-corrected chi connectivity index (χ0v) is 26.8. The number of thiophene rings is 1. The second-order valence-corrected chi connectivity index (χ2v) is 16.4. The number of aromatic nitrogens is 2. The summed E-state index contributed by atoms with van der Waals surface area (Å²) < 4.78 is 55.6. The average molecular weight is 707 g/mol. The molecule has 44 heavy (non-hydrogen) atoms. The lowest BCUT2D eigenvalue weighted by Crippen LogP contribution is -2.64. The first-order chi connectivity index (χ1) is 20.3. The van der Waals surface area contributed by atoms with Crippen molar-refractivity contribution >= 4 is 53.7 Å². The van der Waals surface area contributed by atoms with Crippen LogP contribution in [0.3, 0.4) is 0 Å². The Hall–Kier alpha value is -0.870. The summed E-state index contributed by atoms with van der Waals surface area (Å²) in [7, 11) is -2.13. The summed E-state index contributed by atoms with van der Waals surface area (Å²) in [5.74, 6) is -5.31. The molecule has 0 spiro atoms. The number of aliphatic hydroxyl groups is 5. The van der Waals surface area contributed by atoms with E-state index >= 15 is 4.39 Å². The van der Waals surface area contributed by atoms with Gasteiger partial charge in [-0.05, 0) is 38.2 Å². The van der Waals surface area contributed by atoms with Crippen molar-refractivity contribution in [1.82, 2.24) is 14.9 Å². The third-order valence-electron chi connectivity index (χ3n) is 8.09. The molecule has 2 aliphatic heterocycles. The first kappa shape index (κ1) is 34.5. The number of nitrogen functional groups attached to an aromatic ring is 1. The summed E-state index contributed by atoms with van der Waals surface area (Å²) in [4.78, 5) is 30.6. The number of hydrogen-bond donors (Lipinski definition) is 8. The van der Waals surface area contributed by atoms with E-state index in [0.717, 1.165) is 0 Å². The number of nitrogens with two attached hydrogens (primary N) is 1. The standard InChI is InChI=1S/C22H33FN4O13P2S2/c1-21(23)17(27(2)3)10(37-18(21)8-6-44-16-13(8)25-7-26-19(16)24)5-36-42(35,43)40-41(33,34)39-20-12-15(31)14(30)11(9(29)4-28)22(12,32)38-20/h6-7,9-12,14-15,17-18,20,28-32H,4-5H2,1-3H3,(H,33,34)(H,35,43)(H2,24,25,26)/t9-,10+,11?,12?,14?,15?,17+,18-,20?,21+,22?,42?/m0/s1. The second kappa shape index (κ2) is 12.0. The molecule has 0 amide bonds. The molecule has 248 valence electrons. The number of anilines is 1. The maximum absolute atomic E-state index is 16.4. The molecule has 22 heteroatoms. The Labute approximate surface area is 258 Å². The molecule has 2 aromatic rings. The Morgan fingerprint density at radius 1 is 1.30 bits per heavy atom. The fourth-order valence-corrected chi connectivity index (χ4v) is 10.4. The Morgan fingerprint density at radius 3 is 2.61 bits per heavy atom. The Balaban J connectivity index is 1.26. The van der Waals surface area contributed by atoms with Crippen molar-refractivity contribution in [3.05, 3.63) is 17.3 Å². The Morgan fingerprint density at radius 2 is 1.98 bits per heavy atom. The van der Waals surface area contributed by atoms with Crippen molar-refractivity contribution in [2.75, 3.05) is 33.0 Å². The number of alkyl halides is 1. The van der Waals surface area contributed by atoms with Gasteiger partial charge in [-0.3, -0.25) is 4.52 Å². The molecule has 5 rings (SSSR count). The number of fused-ring (bicyclic) bond motifs is 2. The van der Waals surface area contributed by atoms with Crippen molar-refractivity contribution in [2.24, 2.45) is 11.8 Å². The molecule has 2 saturated heterocycles. The van der Waals surface area contributed by atoms with Crippen LogP contribution in [0, 0.1) is 11.8 Å². The lowest BCUT2D eigenvalue weighted by atomic mass is 9.86. The quantitative estimate of drug-likeness (QED) is 0.132. The maximum Gasteiger partial charge on any atom is 0.481 e. The van der Waals surface area contributed by atoms with Gasteiger partial charge in [0.1, 0.15) is 24.4 Å². The SMILES string of the molecule is CN(C)[C@@H]1[C@@H](COP(O)(=S)OP(=O)(O)OC2OC3(O)C2C(O)C(O)C3[C@@H](O)CO)O[C@@H](c2csc3c(N)ncnc23)[C@]1(C)F. The van der Waals surface area contributed by atoms with Crippen LogP contribution in [0.5, 0.6) is 0 Å². The van der Waals surface area contributed by atoms with E-state index in [1.54, 1.807) is 24.4 Å². The van der Waals surface area contributed by atoms with E-state index in [9.17, 15) is 39.9 Å². The van der Waals surface area contributed by atoms with E-state index in [1.165, 1.54) is 24.6 Å². The fourth-order valence-electron chi connectivity index (χ4n) is 6.33. The van der Waals surface area contributed by atoms with E-state index in [1.807, 2.05) is 0 Å². The zero-order valence-electron chi connectivity index (χ0n) is 23.4. The molecule has 13 atom stereocenters. The molecule has 17 nitrogen and oxygen atoms in total. The predicted octanol–water partition coefficient (Wildman–Crippen LogP) is -0.895. The highest BCUT2D eigenvalue weighted by Crippen LogP contribution is 2.65. The molecule has 1 aliphatic carbocycles. The van der Waals surface area contributed by atoms with Gasteiger partial charge in [0.25, 0.3) is 0 Å². The van der Waals surface area contributed by atoms with E-state index < -0.39 is 93.9 Å². The van der Waals surface area contributed by atoms with Crippen LogP contribution in [-0.2, 0) is 39.2 Å². The van der Waals surface area contributed by atoms with Crippen LogP contribution < -0.4 is 5.73 Å². The topological polar surface area (TPSA) is 260 Å². The number of rotatable bonds is 11. The van der Waals surface area contributed by atoms with Gasteiger partial charge in [0.15, 0.2) is 17.7 Å². The van der Waals surface area contributed by atoms with Crippen molar-refractivity contribution < 1.29 is 67.1 Å². The van der Waals surface area contributed by atoms with Gasteiger partial charge in [-0.1, -0.05) is 0 Å². The molecule has 9 N–H and O–H groups in total. The van der Waals surface area contributed by atoms with Gasteiger partial charge in [-0.2, -0.15) is 0 Å². The van der Waals surface area contributed by atoms with Gasteiger partial charge < -0.3 is 60.0 Å². The van der Waals surface area contributed by atoms with Crippen LogP contribution >= 0.6 is 25.9 Å². The molecular formula is C22H33FN4O13P2S2. The summed E-state index contributed by atoms with van der Waals surface area (Å²) in [6, 6.07) is -0.965. The van der Waals surface area contributed by atoms with Gasteiger partial charge in [0.2, 0.25) is 0 Å². The van der Waals surface area contributed by atoms with Gasteiger partial charge in [-0.15, -0.1) is 11.3 Å². The number of likely N-dealkylation sites (N-methyl/N-ethyl adjacent to an activating group) is 1. The van der Waals surface area contributed by atoms with E-state index in [2.05, 4.69) is 9.97 Å². The van der Waals surface area contributed by atoms with Crippen LogP contribution in [0.25, 0.3) is 10.2 Å². The molecule has 3 fully saturated rings. The number of ether oxygens (including phenoxy) is 2.